The van der Waals surface area contributed by atoms with Crippen molar-refractivity contribution >= 4 is 11.6 Å². The van der Waals surface area contributed by atoms with Gasteiger partial charge in [-0.3, -0.25) is 4.79 Å². The third kappa shape index (κ3) is 4.20. The predicted octanol–water partition coefficient (Wildman–Crippen LogP) is 2.03. The summed E-state index contributed by atoms with van der Waals surface area (Å²) >= 11 is 0. The smallest absolute Gasteiger partial charge is 0.254 e. The number of nitrogens with zero attached hydrogens (tertiary/aromatic N) is 1. The average molecular weight is 282 g/mol. The van der Waals surface area contributed by atoms with Crippen molar-refractivity contribution < 1.29 is 14.3 Å². The molecule has 0 saturated carbocycles. The normalized spacial score (nSPS) is 13.7. The van der Waals surface area contributed by atoms with Gasteiger partial charge in [0.1, 0.15) is 5.82 Å². The molecule has 1 rings (SSSR count). The van der Waals surface area contributed by atoms with E-state index in [0.717, 1.165) is 6.42 Å². The third-order valence-corrected chi connectivity index (χ3v) is 3.49. The topological polar surface area (TPSA) is 52.6 Å². The number of benzene rings is 1. The molecule has 0 saturated heterocycles. The molecule has 0 radical (unpaired) electrons. The van der Waals surface area contributed by atoms with Gasteiger partial charge in [0, 0.05) is 26.3 Å². The van der Waals surface area contributed by atoms with Gasteiger partial charge in [-0.1, -0.05) is 20.3 Å². The van der Waals surface area contributed by atoms with E-state index < -0.39 is 17.8 Å². The lowest BCUT2D eigenvalue weighted by atomic mass is 10.0. The van der Waals surface area contributed by atoms with Crippen molar-refractivity contribution in [2.45, 2.75) is 26.4 Å². The molecule has 0 spiro atoms. The Labute approximate surface area is 119 Å². The van der Waals surface area contributed by atoms with Crippen LogP contribution in [0.1, 0.15) is 30.6 Å². The van der Waals surface area contributed by atoms with Crippen LogP contribution < -0.4 is 10.2 Å². The van der Waals surface area contributed by atoms with Crippen molar-refractivity contribution in [2.75, 3.05) is 25.5 Å². The van der Waals surface area contributed by atoms with Crippen molar-refractivity contribution in [3.63, 3.8) is 0 Å². The van der Waals surface area contributed by atoms with E-state index in [1.807, 2.05) is 13.8 Å². The molecule has 1 aromatic carbocycles. The van der Waals surface area contributed by atoms with Crippen LogP contribution in [0.25, 0.3) is 0 Å². The summed E-state index contributed by atoms with van der Waals surface area (Å²) in [4.78, 5) is 13.6. The molecule has 1 amide bonds. The fraction of sp³-hybridized carbons (Fsp3) is 0.533. The lowest BCUT2D eigenvalue weighted by molar-refractivity contribution is 0.0847. The van der Waals surface area contributed by atoms with E-state index in [4.69, 9.17) is 0 Å². The molecule has 2 N–H and O–H groups in total. The molecule has 0 fully saturated rings. The molecule has 4 nitrogen and oxygen atoms in total. The van der Waals surface area contributed by atoms with E-state index in [2.05, 4.69) is 5.32 Å². The third-order valence-electron chi connectivity index (χ3n) is 3.49. The number of amides is 1. The monoisotopic (exact) mass is 282 g/mol. The fourth-order valence-corrected chi connectivity index (χ4v) is 1.73. The van der Waals surface area contributed by atoms with Crippen LogP contribution >= 0.6 is 0 Å². The van der Waals surface area contributed by atoms with E-state index in [1.54, 1.807) is 25.1 Å². The maximum absolute atomic E-state index is 13.9. The van der Waals surface area contributed by atoms with Crippen molar-refractivity contribution in [1.29, 1.82) is 0 Å². The Hall–Kier alpha value is -1.62. The summed E-state index contributed by atoms with van der Waals surface area (Å²) in [5.74, 6) is -0.974. The van der Waals surface area contributed by atoms with Crippen LogP contribution in [-0.4, -0.2) is 37.8 Å². The number of rotatable bonds is 6. The lowest BCUT2D eigenvalue weighted by Gasteiger charge is -2.18. The fourth-order valence-electron chi connectivity index (χ4n) is 1.73. The second-order valence-corrected chi connectivity index (χ2v) is 5.22. The van der Waals surface area contributed by atoms with Crippen LogP contribution in [0, 0.1) is 11.7 Å². The van der Waals surface area contributed by atoms with E-state index >= 15 is 0 Å². The number of hydrogen-bond acceptors (Lipinski definition) is 3. The average Bonchev–Trinajstić information content (AvgIpc) is 2.43. The van der Waals surface area contributed by atoms with Crippen molar-refractivity contribution in [3.8, 4) is 0 Å². The molecular weight excluding hydrogens is 259 g/mol. The van der Waals surface area contributed by atoms with Crippen molar-refractivity contribution in [2.24, 2.45) is 5.92 Å². The van der Waals surface area contributed by atoms with Gasteiger partial charge in [-0.25, -0.2) is 4.39 Å². The van der Waals surface area contributed by atoms with Crippen LogP contribution in [0.5, 0.6) is 0 Å². The maximum Gasteiger partial charge on any atom is 0.254 e. The number of carbonyl (C=O) groups is 1. The van der Waals surface area contributed by atoms with E-state index in [0.29, 0.717) is 5.69 Å². The van der Waals surface area contributed by atoms with Gasteiger partial charge in [0.15, 0.2) is 0 Å². The highest BCUT2D eigenvalue weighted by Gasteiger charge is 2.16. The van der Waals surface area contributed by atoms with Gasteiger partial charge in [0.2, 0.25) is 0 Å². The van der Waals surface area contributed by atoms with Crippen LogP contribution in [0.4, 0.5) is 10.1 Å². The minimum absolute atomic E-state index is 0.00745. The summed E-state index contributed by atoms with van der Waals surface area (Å²) in [6, 6.07) is 4.46. The lowest BCUT2D eigenvalue weighted by Crippen LogP contribution is -2.35. The second-order valence-electron chi connectivity index (χ2n) is 5.22. The maximum atomic E-state index is 13.9. The van der Waals surface area contributed by atoms with Gasteiger partial charge in [-0.15, -0.1) is 0 Å². The number of nitrogens with one attached hydrogen (secondary N) is 1. The highest BCUT2D eigenvalue weighted by atomic mass is 19.1. The molecular formula is C15H23FN2O2. The number of aliphatic hydroxyl groups is 1. The van der Waals surface area contributed by atoms with Gasteiger partial charge in [0.25, 0.3) is 5.91 Å². The SMILES string of the molecule is CCC(C)C(O)CNC(=O)c1ccc(N(C)C)cc1F. The first-order chi connectivity index (χ1) is 9.36. The Morgan fingerprint density at radius 1 is 1.45 bits per heavy atom. The summed E-state index contributed by atoms with van der Waals surface area (Å²) in [5, 5.41) is 12.3. The van der Waals surface area contributed by atoms with Gasteiger partial charge in [-0.05, 0) is 24.1 Å². The predicted molar refractivity (Wildman–Crippen MR) is 78.5 cm³/mol. The van der Waals surface area contributed by atoms with E-state index in [9.17, 15) is 14.3 Å². The Morgan fingerprint density at radius 3 is 2.60 bits per heavy atom. The molecule has 2 unspecified atom stereocenters. The number of anilines is 1. The molecule has 2 atom stereocenters. The summed E-state index contributed by atoms with van der Waals surface area (Å²) in [5.41, 5.74) is 0.686. The highest BCUT2D eigenvalue weighted by molar-refractivity contribution is 5.94. The van der Waals surface area contributed by atoms with Crippen LogP contribution in [0.15, 0.2) is 18.2 Å². The first-order valence-electron chi connectivity index (χ1n) is 6.80. The molecule has 0 aliphatic rings. The van der Waals surface area contributed by atoms with Crippen LogP contribution in [-0.2, 0) is 0 Å². The number of hydrogen-bond donors (Lipinski definition) is 2. The quantitative estimate of drug-likeness (QED) is 0.839. The van der Waals surface area contributed by atoms with E-state index in [-0.39, 0.29) is 18.0 Å². The Bertz CT molecular complexity index is 463. The Morgan fingerprint density at radius 2 is 2.10 bits per heavy atom. The first kappa shape index (κ1) is 16.4. The Kier molecular flexibility index (Phi) is 5.95. The molecule has 0 aliphatic heterocycles. The summed E-state index contributed by atoms with van der Waals surface area (Å²) < 4.78 is 13.9. The summed E-state index contributed by atoms with van der Waals surface area (Å²) in [6.07, 6.45) is 0.205. The van der Waals surface area contributed by atoms with E-state index in [1.165, 1.54) is 12.1 Å². The molecule has 20 heavy (non-hydrogen) atoms. The molecule has 0 aromatic heterocycles. The van der Waals surface area contributed by atoms with Crippen molar-refractivity contribution in [1.82, 2.24) is 5.32 Å². The van der Waals surface area contributed by atoms with Gasteiger partial charge >= 0.3 is 0 Å². The van der Waals surface area contributed by atoms with Crippen molar-refractivity contribution in [3.05, 3.63) is 29.6 Å². The van der Waals surface area contributed by atoms with Gasteiger partial charge in [0.05, 0.1) is 11.7 Å². The number of aliphatic hydroxyl groups excluding tert-OH is 1. The summed E-state index contributed by atoms with van der Waals surface area (Å²) in [7, 11) is 3.61. The minimum atomic E-state index is -0.618. The Balaban J connectivity index is 2.69. The zero-order chi connectivity index (χ0) is 15.3. The standard InChI is InChI=1S/C15H23FN2O2/c1-5-10(2)14(19)9-17-15(20)12-7-6-11(18(3)4)8-13(12)16/h6-8,10,14,19H,5,9H2,1-4H3,(H,17,20). The molecule has 0 bridgehead atoms. The second kappa shape index (κ2) is 7.24. The van der Waals surface area contributed by atoms with Crippen LogP contribution in [0.3, 0.4) is 0 Å². The number of halogens is 1. The first-order valence-corrected chi connectivity index (χ1v) is 6.80. The number of carbonyl (C=O) groups excluding carboxylic acids is 1. The molecule has 1 aromatic rings. The molecule has 0 aliphatic carbocycles. The molecule has 112 valence electrons. The van der Waals surface area contributed by atoms with Gasteiger partial charge in [-0.2, -0.15) is 0 Å². The minimum Gasteiger partial charge on any atom is -0.391 e. The summed E-state index contributed by atoms with van der Waals surface area (Å²) in [6.45, 7) is 4.00. The van der Waals surface area contributed by atoms with Gasteiger partial charge < -0.3 is 15.3 Å². The zero-order valence-electron chi connectivity index (χ0n) is 12.5. The molecule has 5 heteroatoms. The zero-order valence-corrected chi connectivity index (χ0v) is 12.5. The molecule has 0 heterocycles. The highest BCUT2D eigenvalue weighted by Crippen LogP contribution is 2.16. The van der Waals surface area contributed by atoms with Crippen LogP contribution in [0.2, 0.25) is 0 Å². The largest absolute Gasteiger partial charge is 0.391 e.